The molecular formula is C42H69N7O7. The van der Waals surface area contributed by atoms with Crippen LogP contribution in [0, 0.1) is 17.8 Å². The highest BCUT2D eigenvalue weighted by Gasteiger charge is 2.44. The van der Waals surface area contributed by atoms with E-state index < -0.39 is 65.8 Å². The molecule has 14 nitrogen and oxygen atoms in total. The molecule has 0 unspecified atom stereocenters. The molecule has 2 fully saturated rings. The number of phenolic OH excluding ortho intramolecular Hbond substituents is 1. The van der Waals surface area contributed by atoms with Crippen LogP contribution in [0.3, 0.4) is 0 Å². The van der Waals surface area contributed by atoms with Crippen molar-refractivity contribution in [2.75, 3.05) is 41.3 Å². The van der Waals surface area contributed by atoms with Gasteiger partial charge in [-0.25, -0.2) is 0 Å². The molecule has 0 aromatic heterocycles. The number of aromatic hydroxyl groups is 1. The van der Waals surface area contributed by atoms with Gasteiger partial charge in [0.15, 0.2) is 0 Å². The molecular weight excluding hydrogens is 715 g/mol. The normalized spacial score (nSPS) is 25.2. The number of benzene rings is 1. The van der Waals surface area contributed by atoms with Gasteiger partial charge in [-0.05, 0) is 100 Å². The standard InChI is InChI=1S/C42H69N7O7/c1-26(2)22-31-39(53)48(10)36(24-28(5)6)42(56)46(8)33(14-11-12-20-43-7)37(51)45-32(23-27(3)4)40(54)49-21-13-15-34(49)41(55)47(9)35(38(52)44-31)25-29-16-18-30(50)19-17-29/h16-19,26-28,31-36,43,50H,11-15,20-25H2,1-10H3,(H,44,52)(H,45,51)/t31-,32-,33-,34+,35-,36+/m0/s1. The van der Waals surface area contributed by atoms with Crippen LogP contribution < -0.4 is 16.0 Å². The van der Waals surface area contributed by atoms with Gasteiger partial charge in [0, 0.05) is 34.1 Å². The number of fused-ring (bicyclic) bond motifs is 1. The summed E-state index contributed by atoms with van der Waals surface area (Å²) in [4.78, 5) is 92.7. The van der Waals surface area contributed by atoms with E-state index in [1.807, 2.05) is 48.6 Å². The van der Waals surface area contributed by atoms with Crippen LogP contribution in [0.5, 0.6) is 5.75 Å². The Kier molecular flexibility index (Phi) is 17.6. The van der Waals surface area contributed by atoms with Gasteiger partial charge in [0.2, 0.25) is 35.4 Å². The maximum absolute atomic E-state index is 14.6. The summed E-state index contributed by atoms with van der Waals surface area (Å²) < 4.78 is 0. The van der Waals surface area contributed by atoms with E-state index in [1.165, 1.54) is 38.8 Å². The third-order valence-electron chi connectivity index (χ3n) is 11.0. The summed E-state index contributed by atoms with van der Waals surface area (Å²) in [7, 11) is 6.54. The minimum absolute atomic E-state index is 0.00213. The van der Waals surface area contributed by atoms with Crippen LogP contribution in [0.4, 0.5) is 0 Å². The summed E-state index contributed by atoms with van der Waals surface area (Å²) >= 11 is 0. The summed E-state index contributed by atoms with van der Waals surface area (Å²) in [6, 6.07) is 0.574. The fraction of sp³-hybridized carbons (Fsp3) is 0.714. The molecule has 314 valence electrons. The van der Waals surface area contributed by atoms with Crippen molar-refractivity contribution < 1.29 is 33.9 Å². The largest absolute Gasteiger partial charge is 0.508 e. The van der Waals surface area contributed by atoms with Crippen molar-refractivity contribution in [3.05, 3.63) is 29.8 Å². The van der Waals surface area contributed by atoms with Crippen LogP contribution >= 0.6 is 0 Å². The van der Waals surface area contributed by atoms with Crippen molar-refractivity contribution in [2.45, 2.75) is 136 Å². The van der Waals surface area contributed by atoms with Crippen LogP contribution in [0.15, 0.2) is 24.3 Å². The Labute approximate surface area is 334 Å². The second-order valence-corrected chi connectivity index (χ2v) is 17.1. The lowest BCUT2D eigenvalue weighted by Crippen LogP contribution is -2.62. The zero-order valence-corrected chi connectivity index (χ0v) is 35.5. The van der Waals surface area contributed by atoms with E-state index in [1.54, 1.807) is 26.2 Å². The minimum Gasteiger partial charge on any atom is -0.508 e. The molecule has 0 saturated carbocycles. The average Bonchev–Trinajstić information content (AvgIpc) is 3.63. The van der Waals surface area contributed by atoms with Gasteiger partial charge >= 0.3 is 0 Å². The van der Waals surface area contributed by atoms with Gasteiger partial charge in [-0.2, -0.15) is 0 Å². The summed E-state index contributed by atoms with van der Waals surface area (Å²) in [6.07, 6.45) is 3.66. The van der Waals surface area contributed by atoms with Crippen molar-refractivity contribution in [3.8, 4) is 5.75 Å². The molecule has 6 amide bonds. The summed E-state index contributed by atoms with van der Waals surface area (Å²) in [5, 5.41) is 19.0. The van der Waals surface area contributed by atoms with Crippen LogP contribution in [0.25, 0.3) is 0 Å². The number of hydrogen-bond donors (Lipinski definition) is 4. The Morgan fingerprint density at radius 1 is 0.679 bits per heavy atom. The number of unbranched alkanes of at least 4 members (excludes halogenated alkanes) is 1. The van der Waals surface area contributed by atoms with Gasteiger partial charge in [0.1, 0.15) is 42.0 Å². The first-order valence-corrected chi connectivity index (χ1v) is 20.5. The lowest BCUT2D eigenvalue weighted by atomic mass is 9.96. The molecule has 14 heteroatoms. The first kappa shape index (κ1) is 46.2. The Hall–Kier alpha value is -4.20. The van der Waals surface area contributed by atoms with Gasteiger partial charge in [-0.15, -0.1) is 0 Å². The number of rotatable bonds is 13. The van der Waals surface area contributed by atoms with Crippen molar-refractivity contribution in [1.82, 2.24) is 35.6 Å². The van der Waals surface area contributed by atoms with Crippen molar-refractivity contribution in [1.29, 1.82) is 0 Å². The molecule has 3 rings (SSSR count). The predicted molar refractivity (Wildman–Crippen MR) is 216 cm³/mol. The van der Waals surface area contributed by atoms with Crippen LogP contribution in [0.2, 0.25) is 0 Å². The second-order valence-electron chi connectivity index (χ2n) is 17.1. The topological polar surface area (TPSA) is 172 Å². The maximum Gasteiger partial charge on any atom is 0.245 e. The van der Waals surface area contributed by atoms with Crippen LogP contribution in [0.1, 0.15) is 98.5 Å². The fourth-order valence-electron chi connectivity index (χ4n) is 7.86. The number of phenols is 1. The van der Waals surface area contributed by atoms with E-state index >= 15 is 0 Å². The lowest BCUT2D eigenvalue weighted by Gasteiger charge is -2.38. The van der Waals surface area contributed by atoms with Crippen molar-refractivity contribution in [3.63, 3.8) is 0 Å². The third kappa shape index (κ3) is 12.4. The van der Waals surface area contributed by atoms with E-state index in [9.17, 15) is 33.9 Å². The fourth-order valence-corrected chi connectivity index (χ4v) is 7.86. The number of nitrogens with zero attached hydrogens (tertiary/aromatic N) is 4. The number of carbonyl (C=O) groups excluding carboxylic acids is 6. The summed E-state index contributed by atoms with van der Waals surface area (Å²) in [6.45, 7) is 12.7. The number of likely N-dealkylation sites (N-methyl/N-ethyl adjacent to an activating group) is 3. The molecule has 1 aromatic carbocycles. The molecule has 2 saturated heterocycles. The highest BCUT2D eigenvalue weighted by atomic mass is 16.3. The monoisotopic (exact) mass is 784 g/mol. The molecule has 4 N–H and O–H groups in total. The number of nitrogens with one attached hydrogen (secondary N) is 3. The molecule has 2 aliphatic rings. The second kappa shape index (κ2) is 21.4. The molecule has 0 spiro atoms. The van der Waals surface area contributed by atoms with Gasteiger partial charge in [-0.1, -0.05) is 53.7 Å². The number of carbonyl (C=O) groups is 6. The molecule has 2 aliphatic heterocycles. The third-order valence-corrected chi connectivity index (χ3v) is 11.0. The predicted octanol–water partition coefficient (Wildman–Crippen LogP) is 2.92. The SMILES string of the molecule is CNCCCC[C@H]1C(=O)N[C@@H](CC(C)C)C(=O)N2CCC[C@@H]2C(=O)N(C)[C@@H](Cc2ccc(O)cc2)C(=O)N[C@@H](CC(C)C)C(=O)N(C)[C@H](CC(C)C)C(=O)N1C. The Morgan fingerprint density at radius 3 is 1.75 bits per heavy atom. The summed E-state index contributed by atoms with van der Waals surface area (Å²) in [5.74, 6) is -2.59. The van der Waals surface area contributed by atoms with E-state index in [-0.39, 0.29) is 42.3 Å². The van der Waals surface area contributed by atoms with E-state index in [2.05, 4.69) is 16.0 Å². The first-order valence-electron chi connectivity index (χ1n) is 20.5. The van der Waals surface area contributed by atoms with Crippen LogP contribution in [-0.4, -0.2) is 138 Å². The molecule has 6 atom stereocenters. The molecule has 0 aliphatic carbocycles. The quantitative estimate of drug-likeness (QED) is 0.221. The molecule has 1 aromatic rings. The highest BCUT2D eigenvalue weighted by molar-refractivity contribution is 5.98. The lowest BCUT2D eigenvalue weighted by molar-refractivity contribution is -0.152. The minimum atomic E-state index is -1.08. The van der Waals surface area contributed by atoms with Gasteiger partial charge in [-0.3, -0.25) is 28.8 Å². The number of amides is 6. The highest BCUT2D eigenvalue weighted by Crippen LogP contribution is 2.25. The zero-order chi connectivity index (χ0) is 41.9. The van der Waals surface area contributed by atoms with E-state index in [0.717, 1.165) is 13.0 Å². The average molecular weight is 784 g/mol. The molecule has 0 radical (unpaired) electrons. The molecule has 2 heterocycles. The zero-order valence-electron chi connectivity index (χ0n) is 35.5. The van der Waals surface area contributed by atoms with Gasteiger partial charge in [0.05, 0.1) is 0 Å². The first-order chi connectivity index (χ1) is 26.4. The van der Waals surface area contributed by atoms with Crippen LogP contribution in [-0.2, 0) is 35.2 Å². The molecule has 0 bridgehead atoms. The Morgan fingerprint density at radius 2 is 1.20 bits per heavy atom. The Balaban J connectivity index is 2.21. The van der Waals surface area contributed by atoms with Crippen molar-refractivity contribution in [2.24, 2.45) is 17.8 Å². The van der Waals surface area contributed by atoms with Gasteiger partial charge < -0.3 is 40.7 Å². The smallest absolute Gasteiger partial charge is 0.245 e. The number of hydrogen-bond acceptors (Lipinski definition) is 8. The van der Waals surface area contributed by atoms with E-state index in [4.69, 9.17) is 0 Å². The Bertz CT molecular complexity index is 1500. The van der Waals surface area contributed by atoms with Crippen molar-refractivity contribution >= 4 is 35.4 Å². The van der Waals surface area contributed by atoms with Gasteiger partial charge in [0.25, 0.3) is 0 Å². The maximum atomic E-state index is 14.6. The summed E-state index contributed by atoms with van der Waals surface area (Å²) in [5.41, 5.74) is 0.679. The molecule has 56 heavy (non-hydrogen) atoms. The van der Waals surface area contributed by atoms with E-state index in [0.29, 0.717) is 50.6 Å².